The first-order valence-corrected chi connectivity index (χ1v) is 17.4. The molecule has 0 aromatic heterocycles. The lowest BCUT2D eigenvalue weighted by Gasteiger charge is -2.22. The van der Waals surface area contributed by atoms with Crippen LogP contribution < -0.4 is 0 Å². The Morgan fingerprint density at radius 2 is 0.812 bits per heavy atom. The van der Waals surface area contributed by atoms with E-state index in [4.69, 9.17) is 9.47 Å². The summed E-state index contributed by atoms with van der Waals surface area (Å²) in [6, 6.07) is 26.7. The van der Waals surface area contributed by atoms with Gasteiger partial charge in [0.15, 0.2) is 0 Å². The van der Waals surface area contributed by atoms with Crippen LogP contribution in [-0.2, 0) is 61.5 Å². The standard InChI is InChI=1S/C36H28O10S2/c1-23-13-17-27(18-14-23)47(41,42)33-29(35(39)45-21-25-9-5-3-6-10-25)32(38)34(48(43,44)28-19-15-24(2)16-20-28)30(31(33)37)36(40)46-22-26-11-7-4-8-12-26/h3-20H,21-22H2,1-2H3. The normalized spacial score (nSPS) is 13.8. The average Bonchev–Trinajstić information content (AvgIpc) is 3.07. The van der Waals surface area contributed by atoms with Crippen LogP contribution in [0.3, 0.4) is 0 Å². The summed E-state index contributed by atoms with van der Waals surface area (Å²) >= 11 is 0. The minimum absolute atomic E-state index is 0.446. The van der Waals surface area contributed by atoms with E-state index in [9.17, 15) is 36.0 Å². The molecule has 244 valence electrons. The molecule has 0 atom stereocenters. The number of hydrogen-bond acceptors (Lipinski definition) is 10. The molecule has 5 rings (SSSR count). The molecular formula is C36H28O10S2. The van der Waals surface area contributed by atoms with Gasteiger partial charge in [-0.3, -0.25) is 9.59 Å². The van der Waals surface area contributed by atoms with E-state index in [1.165, 1.54) is 24.3 Å². The Labute approximate surface area is 277 Å². The van der Waals surface area contributed by atoms with Crippen LogP contribution in [0, 0.1) is 13.8 Å². The number of hydrogen-bond donors (Lipinski definition) is 0. The summed E-state index contributed by atoms with van der Waals surface area (Å²) in [7, 11) is -10.1. The van der Waals surface area contributed by atoms with Gasteiger partial charge in [0.2, 0.25) is 31.2 Å². The van der Waals surface area contributed by atoms with Crippen LogP contribution in [0.25, 0.3) is 0 Å². The molecule has 0 heterocycles. The fraction of sp³-hybridized carbons (Fsp3) is 0.111. The van der Waals surface area contributed by atoms with Crippen molar-refractivity contribution in [2.75, 3.05) is 0 Å². The van der Waals surface area contributed by atoms with Crippen molar-refractivity contribution < 1.29 is 45.5 Å². The average molecular weight is 685 g/mol. The van der Waals surface area contributed by atoms with Gasteiger partial charge in [-0.2, -0.15) is 0 Å². The summed E-state index contributed by atoms with van der Waals surface area (Å²) in [5.41, 5.74) is -0.459. The molecule has 0 saturated carbocycles. The Kier molecular flexibility index (Phi) is 9.69. The minimum Gasteiger partial charge on any atom is -0.457 e. The van der Waals surface area contributed by atoms with Gasteiger partial charge in [0, 0.05) is 0 Å². The highest BCUT2D eigenvalue weighted by atomic mass is 32.2. The lowest BCUT2D eigenvalue weighted by molar-refractivity contribution is -0.144. The molecule has 0 radical (unpaired) electrons. The second kappa shape index (κ2) is 13.7. The third-order valence-corrected chi connectivity index (χ3v) is 11.0. The Balaban J connectivity index is 1.72. The number of benzene rings is 4. The van der Waals surface area contributed by atoms with Crippen LogP contribution in [0.2, 0.25) is 0 Å². The number of esters is 2. The lowest BCUT2D eigenvalue weighted by atomic mass is 9.96. The minimum atomic E-state index is -5.04. The summed E-state index contributed by atoms with van der Waals surface area (Å²) in [6.45, 7) is 2.47. The second-order valence-electron chi connectivity index (χ2n) is 10.8. The first kappa shape index (κ1) is 33.9. The van der Waals surface area contributed by atoms with Gasteiger partial charge >= 0.3 is 11.9 Å². The molecule has 0 spiro atoms. The monoisotopic (exact) mass is 684 g/mol. The van der Waals surface area contributed by atoms with Crippen LogP contribution >= 0.6 is 0 Å². The molecule has 0 saturated heterocycles. The molecule has 10 nitrogen and oxygen atoms in total. The van der Waals surface area contributed by atoms with Crippen LogP contribution in [0.4, 0.5) is 0 Å². The van der Waals surface area contributed by atoms with E-state index in [0.29, 0.717) is 22.3 Å². The largest absolute Gasteiger partial charge is 0.457 e. The summed E-state index contributed by atoms with van der Waals surface area (Å²) in [5, 5.41) is 0. The fourth-order valence-electron chi connectivity index (χ4n) is 4.81. The summed E-state index contributed by atoms with van der Waals surface area (Å²) in [5.74, 6) is -6.55. The summed E-state index contributed by atoms with van der Waals surface area (Å²) < 4.78 is 66.9. The number of allylic oxidation sites excluding steroid dienone is 2. The fourth-order valence-corrected chi connectivity index (χ4v) is 7.85. The maximum Gasteiger partial charge on any atom is 0.344 e. The van der Waals surface area contributed by atoms with E-state index < -0.39 is 87.1 Å². The van der Waals surface area contributed by atoms with Gasteiger partial charge in [0.25, 0.3) is 0 Å². The summed E-state index contributed by atoms with van der Waals surface area (Å²) in [6.07, 6.45) is 0. The van der Waals surface area contributed by atoms with Crippen LogP contribution in [0.1, 0.15) is 22.3 Å². The number of ketones is 2. The smallest absolute Gasteiger partial charge is 0.344 e. The van der Waals surface area contributed by atoms with Crippen molar-refractivity contribution in [3.63, 3.8) is 0 Å². The number of ether oxygens (including phenoxy) is 2. The van der Waals surface area contributed by atoms with Gasteiger partial charge in [-0.05, 0) is 49.2 Å². The number of carbonyl (C=O) groups excluding carboxylic acids is 4. The van der Waals surface area contributed by atoms with Gasteiger partial charge in [0.05, 0.1) is 9.79 Å². The van der Waals surface area contributed by atoms with E-state index in [2.05, 4.69) is 0 Å². The Bertz CT molecular complexity index is 2040. The molecule has 12 heteroatoms. The molecule has 0 aliphatic heterocycles. The van der Waals surface area contributed by atoms with E-state index in [1.54, 1.807) is 74.5 Å². The quantitative estimate of drug-likeness (QED) is 0.130. The van der Waals surface area contributed by atoms with E-state index in [-0.39, 0.29) is 0 Å². The zero-order valence-corrected chi connectivity index (χ0v) is 27.3. The first-order valence-electron chi connectivity index (χ1n) is 14.5. The highest BCUT2D eigenvalue weighted by Gasteiger charge is 2.51. The Morgan fingerprint density at radius 3 is 1.12 bits per heavy atom. The highest BCUT2D eigenvalue weighted by molar-refractivity contribution is 7.97. The SMILES string of the molecule is Cc1ccc(S(=O)(=O)C2=C(C(=O)OCc3ccccc3)C(=O)C(S(=O)(=O)c3ccc(C)cc3)=C(C(=O)OCc3ccccc3)C2=O)cc1. The molecule has 0 unspecified atom stereocenters. The Hall–Kier alpha value is -5.46. The number of sulfone groups is 2. The van der Waals surface area contributed by atoms with Crippen LogP contribution in [-0.4, -0.2) is 40.3 Å². The zero-order valence-electron chi connectivity index (χ0n) is 25.7. The van der Waals surface area contributed by atoms with Crippen LogP contribution in [0.5, 0.6) is 0 Å². The lowest BCUT2D eigenvalue weighted by Crippen LogP contribution is -2.37. The third-order valence-electron chi connectivity index (χ3n) is 7.35. The first-order chi connectivity index (χ1) is 22.8. The number of rotatable bonds is 10. The van der Waals surface area contributed by atoms with Crippen molar-refractivity contribution in [1.82, 2.24) is 0 Å². The van der Waals surface area contributed by atoms with E-state index in [1.807, 2.05) is 0 Å². The molecular weight excluding hydrogens is 657 g/mol. The molecule has 1 aliphatic rings. The van der Waals surface area contributed by atoms with Crippen LogP contribution in [0.15, 0.2) is 140 Å². The molecule has 1 aliphatic carbocycles. The van der Waals surface area contributed by atoms with Crippen molar-refractivity contribution >= 4 is 43.2 Å². The molecule has 4 aromatic rings. The third kappa shape index (κ3) is 6.80. The maximum absolute atomic E-state index is 14.3. The second-order valence-corrected chi connectivity index (χ2v) is 14.6. The van der Waals surface area contributed by atoms with Crippen molar-refractivity contribution in [3.05, 3.63) is 152 Å². The number of carbonyl (C=O) groups is 4. The molecule has 0 N–H and O–H groups in total. The zero-order chi connectivity index (χ0) is 34.6. The Morgan fingerprint density at radius 1 is 0.500 bits per heavy atom. The molecule has 0 bridgehead atoms. The van der Waals surface area contributed by atoms with E-state index >= 15 is 0 Å². The van der Waals surface area contributed by atoms with Gasteiger partial charge in [-0.25, -0.2) is 26.4 Å². The van der Waals surface area contributed by atoms with E-state index in [0.717, 1.165) is 24.3 Å². The molecule has 48 heavy (non-hydrogen) atoms. The predicted molar refractivity (Wildman–Crippen MR) is 173 cm³/mol. The van der Waals surface area contributed by atoms with Gasteiger partial charge < -0.3 is 9.47 Å². The predicted octanol–water partition coefficient (Wildman–Crippen LogP) is 4.70. The van der Waals surface area contributed by atoms with Gasteiger partial charge in [0.1, 0.15) is 34.2 Å². The summed E-state index contributed by atoms with van der Waals surface area (Å²) in [4.78, 5) is 52.2. The number of Topliss-reactive ketones (excluding diaryl/α,β-unsaturated/α-hetero) is 2. The topological polar surface area (TPSA) is 155 Å². The van der Waals surface area contributed by atoms with Gasteiger partial charge in [-0.15, -0.1) is 0 Å². The maximum atomic E-state index is 14.3. The van der Waals surface area contributed by atoms with Crippen molar-refractivity contribution in [1.29, 1.82) is 0 Å². The molecule has 0 amide bonds. The van der Waals surface area contributed by atoms with Crippen molar-refractivity contribution in [3.8, 4) is 0 Å². The van der Waals surface area contributed by atoms with Crippen molar-refractivity contribution in [2.45, 2.75) is 36.9 Å². The number of aryl methyl sites for hydroxylation is 2. The van der Waals surface area contributed by atoms with Gasteiger partial charge in [-0.1, -0.05) is 96.1 Å². The molecule has 4 aromatic carbocycles. The highest BCUT2D eigenvalue weighted by Crippen LogP contribution is 2.37. The molecule has 0 fully saturated rings. The van der Waals surface area contributed by atoms with Crippen molar-refractivity contribution in [2.24, 2.45) is 0 Å².